The molecule has 0 radical (unpaired) electrons. The molecule has 1 aliphatic rings. The third-order valence-corrected chi connectivity index (χ3v) is 7.25. The second-order valence-corrected chi connectivity index (χ2v) is 9.97. The average molecular weight is 470 g/mol. The average Bonchev–Trinajstić information content (AvgIpc) is 3.22. The maximum Gasteiger partial charge on any atom is 0.148 e. The Kier molecular flexibility index (Phi) is 10.1. The number of benzene rings is 2. The first-order valence-corrected chi connectivity index (χ1v) is 12.7. The first kappa shape index (κ1) is 26.8. The van der Waals surface area contributed by atoms with Crippen molar-refractivity contribution < 1.29 is 19.3 Å². The van der Waals surface area contributed by atoms with E-state index in [1.54, 1.807) is 0 Å². The summed E-state index contributed by atoms with van der Waals surface area (Å²) in [4.78, 5) is 0. The first-order valence-electron chi connectivity index (χ1n) is 12.7. The van der Waals surface area contributed by atoms with Gasteiger partial charge >= 0.3 is 0 Å². The van der Waals surface area contributed by atoms with E-state index in [0.29, 0.717) is 19.6 Å². The quantitative estimate of drug-likeness (QED) is 0.360. The van der Waals surface area contributed by atoms with Gasteiger partial charge in [-0.25, -0.2) is 0 Å². The molecule has 0 amide bonds. The molecule has 188 valence electrons. The van der Waals surface area contributed by atoms with Crippen LogP contribution in [0.25, 0.3) is 0 Å². The van der Waals surface area contributed by atoms with Gasteiger partial charge in [-0.3, -0.25) is 5.32 Å². The van der Waals surface area contributed by atoms with Crippen LogP contribution in [0.3, 0.4) is 0 Å². The van der Waals surface area contributed by atoms with E-state index < -0.39 is 11.3 Å². The van der Waals surface area contributed by atoms with Gasteiger partial charge in [0.1, 0.15) is 11.8 Å². The molecule has 2 aromatic carbocycles. The van der Waals surface area contributed by atoms with Gasteiger partial charge in [-0.05, 0) is 37.4 Å². The highest BCUT2D eigenvalue weighted by Gasteiger charge is 2.50. The maximum atomic E-state index is 11.2. The fourth-order valence-corrected chi connectivity index (χ4v) is 4.60. The van der Waals surface area contributed by atoms with Crippen LogP contribution in [0.15, 0.2) is 60.7 Å². The Balaban J connectivity index is 1.69. The first-order chi connectivity index (χ1) is 16.4. The Labute approximate surface area is 205 Å². The van der Waals surface area contributed by atoms with Crippen LogP contribution in [0.1, 0.15) is 64.0 Å². The molecule has 1 saturated carbocycles. The molecular formula is C29H43NO4. The van der Waals surface area contributed by atoms with Crippen LogP contribution < -0.4 is 5.32 Å². The normalized spacial score (nSPS) is 25.2. The minimum Gasteiger partial charge on any atom is -0.387 e. The van der Waals surface area contributed by atoms with Crippen LogP contribution in [-0.4, -0.2) is 42.3 Å². The number of likely N-dealkylation sites (N-methyl/N-ethyl adjacent to an activating group) is 1. The Morgan fingerprint density at radius 1 is 1.03 bits per heavy atom. The number of hydrogen-bond acceptors (Lipinski definition) is 5. The van der Waals surface area contributed by atoms with Crippen molar-refractivity contribution in [3.05, 3.63) is 71.8 Å². The third-order valence-electron chi connectivity index (χ3n) is 7.25. The highest BCUT2D eigenvalue weighted by atomic mass is 16.6. The van der Waals surface area contributed by atoms with Crippen LogP contribution in [-0.2, 0) is 27.4 Å². The van der Waals surface area contributed by atoms with Gasteiger partial charge in [0.05, 0.1) is 31.5 Å². The van der Waals surface area contributed by atoms with E-state index in [-0.39, 0.29) is 24.7 Å². The number of unbranched alkanes of at least 4 members (excludes halogenated alkanes) is 1. The summed E-state index contributed by atoms with van der Waals surface area (Å²) in [6, 6.07) is 20.4. The predicted octanol–water partition coefficient (Wildman–Crippen LogP) is 5.46. The molecule has 0 aromatic heterocycles. The molecule has 0 spiro atoms. The van der Waals surface area contributed by atoms with Crippen molar-refractivity contribution in [2.75, 3.05) is 13.7 Å². The summed E-state index contributed by atoms with van der Waals surface area (Å²) in [5.74, 6) is 0.150. The summed E-state index contributed by atoms with van der Waals surface area (Å²) >= 11 is 0. The zero-order valence-corrected chi connectivity index (χ0v) is 21.3. The van der Waals surface area contributed by atoms with Crippen molar-refractivity contribution in [3.63, 3.8) is 0 Å². The molecule has 0 bridgehead atoms. The lowest BCUT2D eigenvalue weighted by molar-refractivity contribution is -0.188. The molecule has 2 aromatic rings. The summed E-state index contributed by atoms with van der Waals surface area (Å²) in [7, 11) is 1.91. The lowest BCUT2D eigenvalue weighted by Crippen LogP contribution is -2.55. The Morgan fingerprint density at radius 2 is 1.62 bits per heavy atom. The molecule has 1 aliphatic carbocycles. The van der Waals surface area contributed by atoms with Crippen molar-refractivity contribution in [3.8, 4) is 0 Å². The van der Waals surface area contributed by atoms with Crippen molar-refractivity contribution in [2.24, 2.45) is 5.92 Å². The molecule has 34 heavy (non-hydrogen) atoms. The summed E-state index contributed by atoms with van der Waals surface area (Å²) in [5.41, 5.74) is 0.650. The Bertz CT molecular complexity index is 829. The number of ether oxygens (including phenoxy) is 3. The van der Waals surface area contributed by atoms with E-state index in [4.69, 9.17) is 14.2 Å². The SMILES string of the molecule is CCCCC(C)C(C)(O)CO[C@]1(NC)C[C@H](OCc2ccccc2)C[C@@H]1OCc1ccccc1. The predicted molar refractivity (Wildman–Crippen MR) is 136 cm³/mol. The fourth-order valence-electron chi connectivity index (χ4n) is 4.60. The molecule has 5 nitrogen and oxygen atoms in total. The summed E-state index contributed by atoms with van der Waals surface area (Å²) < 4.78 is 19.2. The second-order valence-electron chi connectivity index (χ2n) is 9.97. The number of aliphatic hydroxyl groups is 1. The van der Waals surface area contributed by atoms with Crippen molar-refractivity contribution in [1.29, 1.82) is 0 Å². The van der Waals surface area contributed by atoms with Gasteiger partial charge in [-0.2, -0.15) is 0 Å². The Hall–Kier alpha value is -1.76. The molecule has 5 atom stereocenters. The minimum atomic E-state index is -0.911. The smallest absolute Gasteiger partial charge is 0.148 e. The molecule has 0 aliphatic heterocycles. The van der Waals surface area contributed by atoms with E-state index in [2.05, 4.69) is 43.4 Å². The van der Waals surface area contributed by atoms with Crippen molar-refractivity contribution >= 4 is 0 Å². The summed E-state index contributed by atoms with van der Waals surface area (Å²) in [6.07, 6.45) is 4.40. The van der Waals surface area contributed by atoms with Gasteiger partial charge < -0.3 is 19.3 Å². The van der Waals surface area contributed by atoms with Gasteiger partial charge in [0.2, 0.25) is 0 Å². The van der Waals surface area contributed by atoms with Crippen LogP contribution in [0.5, 0.6) is 0 Å². The van der Waals surface area contributed by atoms with Crippen LogP contribution >= 0.6 is 0 Å². The van der Waals surface area contributed by atoms with E-state index in [9.17, 15) is 5.11 Å². The van der Waals surface area contributed by atoms with Gasteiger partial charge in [0.25, 0.3) is 0 Å². The highest BCUT2D eigenvalue weighted by Crippen LogP contribution is 2.38. The summed E-state index contributed by atoms with van der Waals surface area (Å²) in [6.45, 7) is 7.48. The molecule has 0 heterocycles. The standard InChI is InChI=1S/C29H43NO4/c1-5-6-13-23(2)28(3,31)22-34-29(30-4)19-26(32-20-24-14-9-7-10-15-24)18-27(29)33-21-25-16-11-8-12-17-25/h7-12,14-17,23,26-27,30-31H,5-6,13,18-22H2,1-4H3/t23?,26-,27+,28?,29-/m1/s1. The molecule has 1 fully saturated rings. The topological polar surface area (TPSA) is 60.0 Å². The Morgan fingerprint density at radius 3 is 2.18 bits per heavy atom. The molecule has 5 heteroatoms. The van der Waals surface area contributed by atoms with Crippen LogP contribution in [0, 0.1) is 5.92 Å². The lowest BCUT2D eigenvalue weighted by atomic mass is 9.87. The fraction of sp³-hybridized carbons (Fsp3) is 0.586. The molecule has 0 saturated heterocycles. The van der Waals surface area contributed by atoms with Gasteiger partial charge in [-0.15, -0.1) is 0 Å². The second kappa shape index (κ2) is 12.8. The monoisotopic (exact) mass is 469 g/mol. The highest BCUT2D eigenvalue weighted by molar-refractivity contribution is 5.14. The number of nitrogens with one attached hydrogen (secondary N) is 1. The number of hydrogen-bond donors (Lipinski definition) is 2. The van der Waals surface area contributed by atoms with E-state index >= 15 is 0 Å². The molecule has 3 rings (SSSR count). The third kappa shape index (κ3) is 7.37. The molecule has 2 unspecified atom stereocenters. The number of rotatable bonds is 14. The van der Waals surface area contributed by atoms with Gasteiger partial charge in [0.15, 0.2) is 0 Å². The molecular weight excluding hydrogens is 426 g/mol. The van der Waals surface area contributed by atoms with Crippen LogP contribution in [0.4, 0.5) is 0 Å². The molecule has 2 N–H and O–H groups in total. The van der Waals surface area contributed by atoms with Gasteiger partial charge in [0, 0.05) is 12.8 Å². The van der Waals surface area contributed by atoms with E-state index in [1.807, 2.05) is 50.4 Å². The van der Waals surface area contributed by atoms with E-state index in [0.717, 1.165) is 36.8 Å². The minimum absolute atomic E-state index is 0.00380. The van der Waals surface area contributed by atoms with Gasteiger partial charge in [-0.1, -0.05) is 87.4 Å². The van der Waals surface area contributed by atoms with E-state index in [1.165, 1.54) is 0 Å². The van der Waals surface area contributed by atoms with Crippen LogP contribution in [0.2, 0.25) is 0 Å². The largest absolute Gasteiger partial charge is 0.387 e. The van der Waals surface area contributed by atoms with Crippen molar-refractivity contribution in [1.82, 2.24) is 5.32 Å². The van der Waals surface area contributed by atoms with Crippen molar-refractivity contribution in [2.45, 2.75) is 89.6 Å². The summed E-state index contributed by atoms with van der Waals surface area (Å²) in [5, 5.41) is 14.6. The zero-order chi connectivity index (χ0) is 24.4. The lowest BCUT2D eigenvalue weighted by Gasteiger charge is -2.39. The zero-order valence-electron chi connectivity index (χ0n) is 21.3. The maximum absolute atomic E-state index is 11.2.